The van der Waals surface area contributed by atoms with Crippen molar-refractivity contribution < 1.29 is 0 Å². The highest BCUT2D eigenvalue weighted by molar-refractivity contribution is 5.96. The van der Waals surface area contributed by atoms with Crippen molar-refractivity contribution in [1.82, 2.24) is 0 Å². The molecule has 1 spiro atoms. The minimum absolute atomic E-state index is 0.361. The van der Waals surface area contributed by atoms with Crippen LogP contribution in [0.1, 0.15) is 47.2 Å². The fourth-order valence-corrected chi connectivity index (χ4v) is 9.92. The molecule has 288 valence electrons. The predicted molar refractivity (Wildman–Crippen MR) is 255 cm³/mol. The van der Waals surface area contributed by atoms with Crippen molar-refractivity contribution in [2.24, 2.45) is 0 Å². The van der Waals surface area contributed by atoms with Crippen molar-refractivity contribution in [3.63, 3.8) is 0 Å². The molecule has 0 aromatic heterocycles. The number of hydrogen-bond acceptors (Lipinski definition) is 1. The number of nitrogens with zero attached hydrogens (tertiary/aromatic N) is 1. The lowest BCUT2D eigenvalue weighted by molar-refractivity contribution is 0.794. The Labute approximate surface area is 354 Å². The first-order valence-corrected chi connectivity index (χ1v) is 21.3. The van der Waals surface area contributed by atoms with E-state index in [9.17, 15) is 0 Å². The van der Waals surface area contributed by atoms with Crippen molar-refractivity contribution in [1.29, 1.82) is 0 Å². The maximum absolute atomic E-state index is 2.47. The molecule has 11 rings (SSSR count). The first-order valence-electron chi connectivity index (χ1n) is 21.3. The van der Waals surface area contributed by atoms with Crippen molar-refractivity contribution >= 4 is 17.1 Å². The molecule has 0 amide bonds. The highest BCUT2D eigenvalue weighted by Gasteiger charge is 2.51. The summed E-state index contributed by atoms with van der Waals surface area (Å²) in [7, 11) is 0. The Morgan fingerprint density at radius 2 is 0.667 bits per heavy atom. The number of hydrogen-bond donors (Lipinski definition) is 0. The second-order valence-corrected chi connectivity index (χ2v) is 15.8. The van der Waals surface area contributed by atoms with Gasteiger partial charge in [-0.25, -0.2) is 0 Å². The van der Waals surface area contributed by atoms with Gasteiger partial charge in [-0.3, -0.25) is 0 Å². The Bertz CT molecular complexity index is 2950. The third-order valence-electron chi connectivity index (χ3n) is 12.6. The largest absolute Gasteiger partial charge is 0.310 e. The summed E-state index contributed by atoms with van der Waals surface area (Å²) in [6.45, 7) is 8.42. The van der Waals surface area contributed by atoms with Crippen LogP contribution in [0.4, 0.5) is 17.1 Å². The topological polar surface area (TPSA) is 3.24 Å². The average molecular weight is 770 g/mol. The van der Waals surface area contributed by atoms with Gasteiger partial charge < -0.3 is 4.90 Å². The van der Waals surface area contributed by atoms with Crippen LogP contribution in [0, 0.1) is 13.8 Å². The summed E-state index contributed by atoms with van der Waals surface area (Å²) in [6, 6.07) is 78.5. The molecule has 2 aliphatic carbocycles. The zero-order valence-electron chi connectivity index (χ0n) is 34.7. The number of fused-ring (bicyclic) bond motifs is 10. The molecule has 0 bridgehead atoms. The van der Waals surface area contributed by atoms with E-state index in [1.165, 1.54) is 89.0 Å². The Morgan fingerprint density at radius 1 is 0.283 bits per heavy atom. The van der Waals surface area contributed by atoms with Crippen molar-refractivity contribution in [3.8, 4) is 55.6 Å². The van der Waals surface area contributed by atoms with E-state index in [2.05, 4.69) is 231 Å². The van der Waals surface area contributed by atoms with Crippen LogP contribution in [0.15, 0.2) is 212 Å². The summed E-state index contributed by atoms with van der Waals surface area (Å²) in [5, 5.41) is 0. The Morgan fingerprint density at radius 3 is 1.20 bits per heavy atom. The fraction of sp³-hybridized carbons (Fsp3) is 0.0847. The lowest BCUT2D eigenvalue weighted by atomic mass is 9.70. The molecule has 2 aliphatic rings. The molecule has 0 atom stereocenters. The van der Waals surface area contributed by atoms with Crippen molar-refractivity contribution in [2.75, 3.05) is 4.90 Å². The van der Waals surface area contributed by atoms with Gasteiger partial charge in [0, 0.05) is 17.1 Å². The lowest BCUT2D eigenvalue weighted by Gasteiger charge is -2.30. The normalized spacial score (nSPS) is 12.5. The zero-order chi connectivity index (χ0) is 40.8. The predicted octanol–water partition coefficient (Wildman–Crippen LogP) is 16.1. The fourth-order valence-electron chi connectivity index (χ4n) is 9.92. The van der Waals surface area contributed by atoms with Gasteiger partial charge in [-0.2, -0.15) is 0 Å². The van der Waals surface area contributed by atoms with Crippen LogP contribution in [0.5, 0.6) is 0 Å². The second kappa shape index (κ2) is 15.2. The van der Waals surface area contributed by atoms with Gasteiger partial charge in [0.2, 0.25) is 0 Å². The average Bonchev–Trinajstić information content (AvgIpc) is 3.78. The molecule has 9 aromatic rings. The first-order chi connectivity index (χ1) is 29.6. The van der Waals surface area contributed by atoms with E-state index in [0.717, 1.165) is 17.1 Å². The van der Waals surface area contributed by atoms with Crippen LogP contribution in [0.3, 0.4) is 0 Å². The maximum atomic E-state index is 2.47. The second-order valence-electron chi connectivity index (χ2n) is 15.8. The molecule has 0 fully saturated rings. The highest BCUT2D eigenvalue weighted by Crippen LogP contribution is 2.63. The van der Waals surface area contributed by atoms with Crippen molar-refractivity contribution in [3.05, 3.63) is 246 Å². The standard InChI is InChI=1S/C57H41N.C2H6/c1-38-14-6-7-17-47(38)48-35-33-46(36-39(48)2)58(44-29-24-41(25-30-44)40-15-4-3-5-16-40)45-31-26-42(27-32-45)43-28-34-52-51-20-10-13-23-55(51)57(56(52)37-43)53-21-11-8-18-49(53)50-19-9-12-22-54(50)57;1-2/h3-37H,1-2H3;1-2H3. The molecular formula is C59H47N. The maximum Gasteiger partial charge on any atom is 0.0725 e. The van der Waals surface area contributed by atoms with E-state index in [1.54, 1.807) is 0 Å². The summed E-state index contributed by atoms with van der Waals surface area (Å²) in [4.78, 5) is 2.38. The Kier molecular flexibility index (Phi) is 9.38. The van der Waals surface area contributed by atoms with Crippen LogP contribution in [0.25, 0.3) is 55.6 Å². The summed E-state index contributed by atoms with van der Waals surface area (Å²) in [5.41, 5.74) is 23.7. The number of aryl methyl sites for hydroxylation is 2. The van der Waals surface area contributed by atoms with Gasteiger partial charge in [-0.05, 0) is 145 Å². The summed E-state index contributed by atoms with van der Waals surface area (Å²) < 4.78 is 0. The molecule has 0 radical (unpaired) electrons. The monoisotopic (exact) mass is 769 g/mol. The minimum Gasteiger partial charge on any atom is -0.310 e. The SMILES string of the molecule is CC.Cc1ccccc1-c1ccc(N(c2ccc(-c3ccccc3)cc2)c2ccc(-c3ccc4c(c3)C3(c5ccccc5-c5ccccc53)c3ccccc3-4)cc2)cc1C. The Hall–Kier alpha value is -7.22. The molecule has 0 saturated heterocycles. The van der Waals surface area contributed by atoms with Gasteiger partial charge in [0.15, 0.2) is 0 Å². The van der Waals surface area contributed by atoms with Gasteiger partial charge in [0.25, 0.3) is 0 Å². The molecule has 0 unspecified atom stereocenters. The number of benzene rings is 9. The highest BCUT2D eigenvalue weighted by atomic mass is 15.1. The first kappa shape index (κ1) is 37.1. The van der Waals surface area contributed by atoms with E-state index in [0.29, 0.717) is 0 Å². The van der Waals surface area contributed by atoms with Crippen LogP contribution in [-0.4, -0.2) is 0 Å². The van der Waals surface area contributed by atoms with Crippen LogP contribution >= 0.6 is 0 Å². The van der Waals surface area contributed by atoms with Crippen molar-refractivity contribution in [2.45, 2.75) is 33.1 Å². The Balaban J connectivity index is 0.00000213. The number of anilines is 3. The van der Waals surface area contributed by atoms with E-state index >= 15 is 0 Å². The van der Waals surface area contributed by atoms with Crippen LogP contribution in [-0.2, 0) is 5.41 Å². The lowest BCUT2D eigenvalue weighted by Crippen LogP contribution is -2.25. The minimum atomic E-state index is -0.361. The smallest absolute Gasteiger partial charge is 0.0725 e. The zero-order valence-corrected chi connectivity index (χ0v) is 34.7. The van der Waals surface area contributed by atoms with Crippen LogP contribution < -0.4 is 4.90 Å². The van der Waals surface area contributed by atoms with Gasteiger partial charge in [0.05, 0.1) is 5.41 Å². The van der Waals surface area contributed by atoms with E-state index in [-0.39, 0.29) is 5.41 Å². The van der Waals surface area contributed by atoms with Gasteiger partial charge in [0.1, 0.15) is 0 Å². The summed E-state index contributed by atoms with van der Waals surface area (Å²) in [5.74, 6) is 0. The quantitative estimate of drug-likeness (QED) is 0.163. The molecule has 0 saturated carbocycles. The summed E-state index contributed by atoms with van der Waals surface area (Å²) in [6.07, 6.45) is 0. The van der Waals surface area contributed by atoms with Crippen LogP contribution in [0.2, 0.25) is 0 Å². The van der Waals surface area contributed by atoms with E-state index < -0.39 is 0 Å². The van der Waals surface area contributed by atoms with Gasteiger partial charge in [-0.15, -0.1) is 0 Å². The van der Waals surface area contributed by atoms with Gasteiger partial charge >= 0.3 is 0 Å². The van der Waals surface area contributed by atoms with Gasteiger partial charge in [-0.1, -0.05) is 184 Å². The van der Waals surface area contributed by atoms with E-state index in [1.807, 2.05) is 13.8 Å². The van der Waals surface area contributed by atoms with E-state index in [4.69, 9.17) is 0 Å². The molecule has 0 aliphatic heterocycles. The molecule has 0 N–H and O–H groups in total. The third kappa shape index (κ3) is 5.84. The molecule has 0 heterocycles. The molecule has 1 heteroatoms. The molecular weight excluding hydrogens is 723 g/mol. The summed E-state index contributed by atoms with van der Waals surface area (Å²) >= 11 is 0. The molecule has 9 aromatic carbocycles. The molecule has 60 heavy (non-hydrogen) atoms. The number of rotatable bonds is 6. The third-order valence-corrected chi connectivity index (χ3v) is 12.6. The molecule has 1 nitrogen and oxygen atoms in total.